The normalized spacial score (nSPS) is 12.2. The van der Waals surface area contributed by atoms with E-state index in [1.807, 2.05) is 53.7 Å². The number of fused-ring (bicyclic) bond motifs is 1. The predicted molar refractivity (Wildman–Crippen MR) is 132 cm³/mol. The molecule has 3 aromatic rings. The van der Waals surface area contributed by atoms with E-state index in [-0.39, 0.29) is 37.1 Å². The van der Waals surface area contributed by atoms with Gasteiger partial charge in [-0.15, -0.1) is 34.9 Å². The van der Waals surface area contributed by atoms with Crippen molar-refractivity contribution in [1.82, 2.24) is 4.98 Å². The number of rotatable bonds is 3. The molecule has 1 N–H and O–H groups in total. The minimum atomic E-state index is -0.417. The number of nitrogens with zero attached hydrogens (tertiary/aromatic N) is 1. The summed E-state index contributed by atoms with van der Waals surface area (Å²) < 4.78 is 5.32. The topological polar surface area (TPSA) is 63.3 Å². The van der Waals surface area contributed by atoms with Gasteiger partial charge in [0.05, 0.1) is 12.5 Å². The molecule has 1 radical (unpaired) electrons. The van der Waals surface area contributed by atoms with Gasteiger partial charge in [-0.1, -0.05) is 68.4 Å². The number of ketones is 1. The van der Waals surface area contributed by atoms with Crippen LogP contribution in [0.1, 0.15) is 72.4 Å². The molecule has 0 amide bonds. The van der Waals surface area contributed by atoms with Gasteiger partial charge in [-0.2, -0.15) is 0 Å². The van der Waals surface area contributed by atoms with Gasteiger partial charge in [0.25, 0.3) is 0 Å². The molecule has 0 aliphatic carbocycles. The quantitative estimate of drug-likeness (QED) is 0.183. The molecule has 3 rings (SSSR count). The molecule has 181 valence electrons. The van der Waals surface area contributed by atoms with E-state index in [0.717, 1.165) is 27.8 Å². The van der Waals surface area contributed by atoms with Crippen LogP contribution in [-0.2, 0) is 24.9 Å². The van der Waals surface area contributed by atoms with Crippen molar-refractivity contribution in [2.75, 3.05) is 0 Å². The number of aliphatic hydroxyl groups excluding tert-OH is 1. The van der Waals surface area contributed by atoms with Gasteiger partial charge in [-0.3, -0.25) is 4.79 Å². The third kappa shape index (κ3) is 8.24. The second-order valence-corrected chi connectivity index (χ2v) is 10.6. The smallest absolute Gasteiger partial charge is 0.164 e. The number of furan rings is 1. The Morgan fingerprint density at radius 3 is 2.27 bits per heavy atom. The molecule has 0 atom stereocenters. The molecule has 0 fully saturated rings. The van der Waals surface area contributed by atoms with Crippen molar-refractivity contribution in [2.45, 2.75) is 68.2 Å². The van der Waals surface area contributed by atoms with Gasteiger partial charge < -0.3 is 14.5 Å². The Labute approximate surface area is 211 Å². The number of allylic oxidation sites excluding steroid dienone is 2. The molecule has 2 heterocycles. The summed E-state index contributed by atoms with van der Waals surface area (Å²) >= 11 is 0. The molecule has 1 aromatic carbocycles. The monoisotopic (exact) mass is 627 g/mol. The van der Waals surface area contributed by atoms with Crippen molar-refractivity contribution >= 4 is 16.8 Å². The Kier molecular flexibility index (Phi) is 9.83. The van der Waals surface area contributed by atoms with Crippen molar-refractivity contribution in [3.05, 3.63) is 65.8 Å². The maximum absolute atomic E-state index is 11.5. The van der Waals surface area contributed by atoms with Crippen molar-refractivity contribution in [3.63, 3.8) is 0 Å². The van der Waals surface area contributed by atoms with Gasteiger partial charge in [-0.05, 0) is 17.7 Å². The first-order valence-electron chi connectivity index (χ1n) is 11.0. The van der Waals surface area contributed by atoms with E-state index in [1.165, 1.54) is 11.6 Å². The second-order valence-electron chi connectivity index (χ2n) is 10.6. The zero-order chi connectivity index (χ0) is 24.3. The molecular weight excluding hydrogens is 591 g/mol. The molecule has 0 unspecified atom stereocenters. The molecule has 33 heavy (non-hydrogen) atoms. The van der Waals surface area contributed by atoms with Crippen LogP contribution in [-0.4, -0.2) is 15.9 Å². The summed E-state index contributed by atoms with van der Waals surface area (Å²) in [6.07, 6.45) is 4.80. The molecular formula is C28H36IrNO3-. The van der Waals surface area contributed by atoms with Gasteiger partial charge in [0.2, 0.25) is 0 Å². The maximum atomic E-state index is 11.5. The Morgan fingerprint density at radius 2 is 1.73 bits per heavy atom. The minimum absolute atomic E-state index is 0. The van der Waals surface area contributed by atoms with Crippen LogP contribution in [0.25, 0.3) is 22.2 Å². The maximum Gasteiger partial charge on any atom is 0.164 e. The van der Waals surface area contributed by atoms with E-state index in [4.69, 9.17) is 4.42 Å². The van der Waals surface area contributed by atoms with Crippen LogP contribution in [0.2, 0.25) is 0 Å². The molecule has 0 bridgehead atoms. The van der Waals surface area contributed by atoms with Crippen LogP contribution in [0.5, 0.6) is 0 Å². The molecule has 0 aliphatic rings. The first-order chi connectivity index (χ1) is 14.7. The van der Waals surface area contributed by atoms with Gasteiger partial charge in [0.15, 0.2) is 5.78 Å². The first kappa shape index (κ1) is 28.8. The number of aliphatic hydroxyl groups is 1. The van der Waals surface area contributed by atoms with Crippen LogP contribution in [0, 0.1) is 23.8 Å². The molecule has 0 saturated heterocycles. The summed E-state index contributed by atoms with van der Waals surface area (Å²) in [5.41, 5.74) is 4.52. The van der Waals surface area contributed by atoms with Gasteiger partial charge >= 0.3 is 0 Å². The van der Waals surface area contributed by atoms with Crippen LogP contribution >= 0.6 is 0 Å². The summed E-state index contributed by atoms with van der Waals surface area (Å²) in [7, 11) is 0. The van der Waals surface area contributed by atoms with Gasteiger partial charge in [-0.25, -0.2) is 0 Å². The number of pyridine rings is 1. The van der Waals surface area contributed by atoms with E-state index in [9.17, 15) is 9.90 Å². The first-order valence-corrected chi connectivity index (χ1v) is 11.0. The molecule has 2 aromatic heterocycles. The van der Waals surface area contributed by atoms with Crippen molar-refractivity contribution in [1.29, 1.82) is 0 Å². The van der Waals surface area contributed by atoms with Gasteiger partial charge in [0.1, 0.15) is 11.3 Å². The number of carbonyl (C=O) groups is 1. The third-order valence-electron chi connectivity index (χ3n) is 5.08. The number of carbonyl (C=O) groups excluding carboxylic acids is 1. The van der Waals surface area contributed by atoms with Crippen LogP contribution in [0.3, 0.4) is 0 Å². The van der Waals surface area contributed by atoms with Crippen LogP contribution < -0.4 is 0 Å². The summed E-state index contributed by atoms with van der Waals surface area (Å²) in [6, 6.07) is 11.7. The number of benzene rings is 1. The van der Waals surface area contributed by atoms with Gasteiger partial charge in [0, 0.05) is 42.4 Å². The zero-order valence-electron chi connectivity index (χ0n) is 21.2. The molecule has 0 aliphatic heterocycles. The van der Waals surface area contributed by atoms with E-state index in [1.54, 1.807) is 12.5 Å². The Balaban J connectivity index is 0.000000346. The summed E-state index contributed by atoms with van der Waals surface area (Å²) in [5, 5.41) is 10.6. The fraction of sp³-hybridized carbons (Fsp3) is 0.429. The third-order valence-corrected chi connectivity index (χ3v) is 5.08. The average molecular weight is 627 g/mol. The van der Waals surface area contributed by atoms with E-state index >= 15 is 0 Å². The largest absolute Gasteiger partial charge is 0.512 e. The van der Waals surface area contributed by atoms with Crippen molar-refractivity contribution in [2.24, 2.45) is 10.8 Å². The van der Waals surface area contributed by atoms with Crippen LogP contribution in [0.15, 0.2) is 53.0 Å². The predicted octanol–water partition coefficient (Wildman–Crippen LogP) is 7.81. The average Bonchev–Trinajstić information content (AvgIpc) is 3.14. The summed E-state index contributed by atoms with van der Waals surface area (Å²) in [5.74, 6) is 0.608. The zero-order valence-corrected chi connectivity index (χ0v) is 23.6. The summed E-state index contributed by atoms with van der Waals surface area (Å²) in [6.45, 7) is 17.6. The molecule has 4 nitrogen and oxygen atoms in total. The molecule has 5 heteroatoms. The molecule has 0 spiro atoms. The van der Waals surface area contributed by atoms with Crippen molar-refractivity contribution < 1.29 is 34.4 Å². The number of aromatic nitrogens is 1. The fourth-order valence-electron chi connectivity index (χ4n) is 2.79. The Hall–Kier alpha value is -2.23. The Morgan fingerprint density at radius 1 is 1.09 bits per heavy atom. The number of hydrogen-bond acceptors (Lipinski definition) is 4. The van der Waals surface area contributed by atoms with Crippen molar-refractivity contribution in [3.8, 4) is 11.3 Å². The molecule has 0 saturated carbocycles. The standard InChI is InChI=1S/C17H16NO.C11H20O2.Ir/c1-11(2)14-6-12(3)7-15(8-14)16-9-13-4-5-19-17(13)10-18-16;1-10(2,3)8(12)7-9(13)11(4,5)6;/h4-6,8-11H,1-3H3;7,12H,1-6H3;/q-1;;/b;8-7-;. The number of aryl methyl sites for hydroxylation is 1. The SMILES string of the molecule is CC(C)(C)C(=O)/C=C(\O)C(C)(C)C.Cc1[c-]c(-c2cc3ccoc3cn2)cc(C(C)C)c1.[Ir]. The fourth-order valence-corrected chi connectivity index (χ4v) is 2.79. The number of hydrogen-bond donors (Lipinski definition) is 1. The van der Waals surface area contributed by atoms with E-state index in [0.29, 0.717) is 5.92 Å². The second kappa shape index (κ2) is 11.3. The minimum Gasteiger partial charge on any atom is -0.512 e. The summed E-state index contributed by atoms with van der Waals surface area (Å²) in [4.78, 5) is 16.0. The van der Waals surface area contributed by atoms with E-state index in [2.05, 4.69) is 44.0 Å². The van der Waals surface area contributed by atoms with Crippen LogP contribution in [0.4, 0.5) is 0 Å². The van der Waals surface area contributed by atoms with E-state index < -0.39 is 5.41 Å². The Bertz CT molecular complexity index is 1110.